The summed E-state index contributed by atoms with van der Waals surface area (Å²) in [6, 6.07) is 0.492. The van der Waals surface area contributed by atoms with Gasteiger partial charge in [-0.3, -0.25) is 4.99 Å². The molecule has 2 aliphatic rings. The number of rotatable bonds is 2. The largest absolute Gasteiger partial charge is 0.381 e. The molecule has 1 aliphatic heterocycles. The summed E-state index contributed by atoms with van der Waals surface area (Å²) in [6.07, 6.45) is 4.41. The van der Waals surface area contributed by atoms with Gasteiger partial charge in [0.15, 0.2) is 5.96 Å². The van der Waals surface area contributed by atoms with Gasteiger partial charge in [-0.2, -0.15) is 0 Å². The molecule has 1 aliphatic carbocycles. The van der Waals surface area contributed by atoms with E-state index in [1.807, 2.05) is 0 Å². The van der Waals surface area contributed by atoms with Crippen molar-refractivity contribution in [1.29, 1.82) is 0 Å². The van der Waals surface area contributed by atoms with Crippen molar-refractivity contribution in [3.05, 3.63) is 0 Å². The minimum Gasteiger partial charge on any atom is -0.381 e. The molecule has 0 aromatic rings. The van der Waals surface area contributed by atoms with E-state index in [0.29, 0.717) is 12.0 Å². The van der Waals surface area contributed by atoms with E-state index in [2.05, 4.69) is 17.2 Å². The molecular weight excluding hydrogens is 178 g/mol. The van der Waals surface area contributed by atoms with E-state index >= 15 is 0 Å². The zero-order valence-electron chi connectivity index (χ0n) is 8.75. The Bertz CT molecular complexity index is 230. The maximum absolute atomic E-state index is 5.83. The van der Waals surface area contributed by atoms with Crippen molar-refractivity contribution in [2.75, 3.05) is 13.2 Å². The highest BCUT2D eigenvalue weighted by Gasteiger charge is 2.28. The van der Waals surface area contributed by atoms with Crippen LogP contribution in [0.25, 0.3) is 0 Å². The third-order valence-electron chi connectivity index (χ3n) is 2.89. The standard InChI is InChI=1S/C10H19N3O/c1-10(4-6-14-7-5-10)13-9(11)12-8-2-3-8/h8H,2-7H2,1H3,(H3,11,12,13). The molecule has 1 saturated heterocycles. The summed E-state index contributed by atoms with van der Waals surface area (Å²) in [6.45, 7) is 3.82. The van der Waals surface area contributed by atoms with Gasteiger partial charge in [-0.15, -0.1) is 0 Å². The molecule has 0 spiro atoms. The summed E-state index contributed by atoms with van der Waals surface area (Å²) in [5, 5.41) is 3.31. The average molecular weight is 197 g/mol. The van der Waals surface area contributed by atoms with Gasteiger partial charge in [-0.05, 0) is 32.6 Å². The van der Waals surface area contributed by atoms with Gasteiger partial charge in [0.2, 0.25) is 0 Å². The minimum absolute atomic E-state index is 0.0841. The Kier molecular flexibility index (Phi) is 2.63. The Balaban J connectivity index is 1.87. The lowest BCUT2D eigenvalue weighted by atomic mass is 9.93. The number of nitrogens with two attached hydrogens (primary N) is 1. The lowest BCUT2D eigenvalue weighted by Crippen LogP contribution is -2.52. The molecule has 0 bridgehead atoms. The molecule has 3 N–H and O–H groups in total. The smallest absolute Gasteiger partial charge is 0.189 e. The van der Waals surface area contributed by atoms with Gasteiger partial charge in [-0.25, -0.2) is 0 Å². The van der Waals surface area contributed by atoms with E-state index in [0.717, 1.165) is 26.1 Å². The molecule has 4 nitrogen and oxygen atoms in total. The first kappa shape index (κ1) is 9.77. The lowest BCUT2D eigenvalue weighted by molar-refractivity contribution is 0.0523. The van der Waals surface area contributed by atoms with Crippen LogP contribution in [0.5, 0.6) is 0 Å². The van der Waals surface area contributed by atoms with Gasteiger partial charge in [0, 0.05) is 18.8 Å². The van der Waals surface area contributed by atoms with Crippen molar-refractivity contribution in [3.63, 3.8) is 0 Å². The Morgan fingerprint density at radius 1 is 1.43 bits per heavy atom. The quantitative estimate of drug-likeness (QED) is 0.504. The van der Waals surface area contributed by atoms with Crippen molar-refractivity contribution >= 4 is 5.96 Å². The molecule has 0 aromatic carbocycles. The van der Waals surface area contributed by atoms with Crippen LogP contribution in [0.15, 0.2) is 4.99 Å². The normalized spacial score (nSPS) is 27.4. The van der Waals surface area contributed by atoms with Crippen LogP contribution in [-0.2, 0) is 4.74 Å². The number of nitrogens with one attached hydrogen (secondary N) is 1. The predicted molar refractivity (Wildman–Crippen MR) is 56.2 cm³/mol. The topological polar surface area (TPSA) is 59.6 Å². The molecule has 80 valence electrons. The van der Waals surface area contributed by atoms with Crippen LogP contribution in [0.3, 0.4) is 0 Å². The van der Waals surface area contributed by atoms with Crippen molar-refractivity contribution < 1.29 is 4.74 Å². The van der Waals surface area contributed by atoms with Crippen LogP contribution >= 0.6 is 0 Å². The van der Waals surface area contributed by atoms with Gasteiger partial charge < -0.3 is 15.8 Å². The van der Waals surface area contributed by atoms with Crippen LogP contribution in [0.1, 0.15) is 32.6 Å². The summed E-state index contributed by atoms with van der Waals surface area (Å²) in [7, 11) is 0. The average Bonchev–Trinajstić information content (AvgIpc) is 2.88. The number of hydrogen-bond acceptors (Lipinski definition) is 2. The van der Waals surface area contributed by atoms with Crippen LogP contribution in [0.2, 0.25) is 0 Å². The van der Waals surface area contributed by atoms with E-state index in [4.69, 9.17) is 10.5 Å². The second kappa shape index (κ2) is 3.77. The minimum atomic E-state index is 0.0841. The number of hydrogen-bond donors (Lipinski definition) is 2. The summed E-state index contributed by atoms with van der Waals surface area (Å²) >= 11 is 0. The third kappa shape index (κ3) is 2.61. The molecule has 2 rings (SSSR count). The SMILES string of the molecule is CC1(NC(N)=NC2CC2)CCOCC1. The summed E-state index contributed by atoms with van der Waals surface area (Å²) in [4.78, 5) is 4.37. The van der Waals surface area contributed by atoms with Crippen LogP contribution in [0.4, 0.5) is 0 Å². The molecular formula is C10H19N3O. The summed E-state index contributed by atoms with van der Waals surface area (Å²) < 4.78 is 5.32. The van der Waals surface area contributed by atoms with Gasteiger partial charge in [-0.1, -0.05) is 0 Å². The van der Waals surface area contributed by atoms with Crippen molar-refractivity contribution in [2.24, 2.45) is 10.7 Å². The monoisotopic (exact) mass is 197 g/mol. The maximum Gasteiger partial charge on any atom is 0.189 e. The lowest BCUT2D eigenvalue weighted by Gasteiger charge is -2.34. The van der Waals surface area contributed by atoms with E-state index in [1.54, 1.807) is 0 Å². The first-order chi connectivity index (χ1) is 6.68. The molecule has 1 saturated carbocycles. The fourth-order valence-corrected chi connectivity index (χ4v) is 1.69. The van der Waals surface area contributed by atoms with Crippen molar-refractivity contribution in [2.45, 2.75) is 44.2 Å². The predicted octanol–water partition coefficient (Wildman–Crippen LogP) is 0.622. The zero-order chi connectivity index (χ0) is 10.0. The number of guanidine groups is 1. The van der Waals surface area contributed by atoms with E-state index in [9.17, 15) is 0 Å². The van der Waals surface area contributed by atoms with E-state index in [1.165, 1.54) is 12.8 Å². The van der Waals surface area contributed by atoms with E-state index < -0.39 is 0 Å². The third-order valence-corrected chi connectivity index (χ3v) is 2.89. The summed E-state index contributed by atoms with van der Waals surface area (Å²) in [5.41, 5.74) is 5.91. The molecule has 0 aromatic heterocycles. The van der Waals surface area contributed by atoms with Gasteiger partial charge >= 0.3 is 0 Å². The fraction of sp³-hybridized carbons (Fsp3) is 0.900. The highest BCUT2D eigenvalue weighted by atomic mass is 16.5. The van der Waals surface area contributed by atoms with Crippen LogP contribution in [0, 0.1) is 0 Å². The first-order valence-electron chi connectivity index (χ1n) is 5.37. The summed E-state index contributed by atoms with van der Waals surface area (Å²) in [5.74, 6) is 0.608. The second-order valence-corrected chi connectivity index (χ2v) is 4.54. The van der Waals surface area contributed by atoms with Crippen LogP contribution < -0.4 is 11.1 Å². The van der Waals surface area contributed by atoms with Crippen molar-refractivity contribution in [1.82, 2.24) is 5.32 Å². The molecule has 0 amide bonds. The number of ether oxygens (including phenoxy) is 1. The maximum atomic E-state index is 5.83. The fourth-order valence-electron chi connectivity index (χ4n) is 1.69. The number of nitrogens with zero attached hydrogens (tertiary/aromatic N) is 1. The zero-order valence-corrected chi connectivity index (χ0v) is 8.75. The molecule has 4 heteroatoms. The highest BCUT2D eigenvalue weighted by molar-refractivity contribution is 5.79. The second-order valence-electron chi connectivity index (χ2n) is 4.54. The van der Waals surface area contributed by atoms with Crippen LogP contribution in [-0.4, -0.2) is 30.8 Å². The molecule has 2 fully saturated rings. The highest BCUT2D eigenvalue weighted by Crippen LogP contribution is 2.24. The molecule has 0 atom stereocenters. The van der Waals surface area contributed by atoms with Gasteiger partial charge in [0.1, 0.15) is 0 Å². The Hall–Kier alpha value is -0.770. The van der Waals surface area contributed by atoms with E-state index in [-0.39, 0.29) is 5.54 Å². The van der Waals surface area contributed by atoms with Gasteiger partial charge in [0.25, 0.3) is 0 Å². The molecule has 0 unspecified atom stereocenters. The molecule has 0 radical (unpaired) electrons. The Labute approximate surface area is 84.9 Å². The first-order valence-corrected chi connectivity index (χ1v) is 5.37. The Morgan fingerprint density at radius 2 is 2.07 bits per heavy atom. The Morgan fingerprint density at radius 3 is 2.64 bits per heavy atom. The van der Waals surface area contributed by atoms with Gasteiger partial charge in [0.05, 0.1) is 6.04 Å². The molecule has 1 heterocycles. The van der Waals surface area contributed by atoms with Crippen molar-refractivity contribution in [3.8, 4) is 0 Å². The molecule has 14 heavy (non-hydrogen) atoms. The number of aliphatic imine (C=N–C) groups is 1.